The summed E-state index contributed by atoms with van der Waals surface area (Å²) in [5.74, 6) is -0.356. The van der Waals surface area contributed by atoms with Gasteiger partial charge in [0.2, 0.25) is 0 Å². The van der Waals surface area contributed by atoms with Crippen LogP contribution >= 0.6 is 0 Å². The molecule has 1 aromatic carbocycles. The Kier molecular flexibility index (Phi) is 3.00. The zero-order valence-electron chi connectivity index (χ0n) is 10.6. The molecule has 3 N–H and O–H groups in total. The fraction of sp³-hybridized carbons (Fsp3) is 0.143. The predicted octanol–water partition coefficient (Wildman–Crippen LogP) is 1.59. The SMILES string of the molecule is O=C(O)c1ccc2c(c1)nc(NCCO)c1cccn12. The zero-order valence-corrected chi connectivity index (χ0v) is 10.6. The summed E-state index contributed by atoms with van der Waals surface area (Å²) in [6.07, 6.45) is 1.89. The Labute approximate surface area is 114 Å². The predicted molar refractivity (Wildman–Crippen MR) is 75.2 cm³/mol. The van der Waals surface area contributed by atoms with E-state index < -0.39 is 5.97 Å². The second kappa shape index (κ2) is 4.82. The van der Waals surface area contributed by atoms with Gasteiger partial charge in [0, 0.05) is 12.7 Å². The lowest BCUT2D eigenvalue weighted by atomic mass is 10.2. The minimum absolute atomic E-state index is 0.00174. The van der Waals surface area contributed by atoms with Gasteiger partial charge in [-0.2, -0.15) is 0 Å². The van der Waals surface area contributed by atoms with Crippen LogP contribution in [0.4, 0.5) is 5.82 Å². The van der Waals surface area contributed by atoms with Crippen molar-refractivity contribution >= 4 is 28.3 Å². The maximum Gasteiger partial charge on any atom is 0.335 e. The summed E-state index contributed by atoms with van der Waals surface area (Å²) in [4.78, 5) is 15.5. The smallest absolute Gasteiger partial charge is 0.335 e. The third-order valence-electron chi connectivity index (χ3n) is 3.11. The van der Waals surface area contributed by atoms with Crippen LogP contribution in [0.15, 0.2) is 36.5 Å². The highest BCUT2D eigenvalue weighted by atomic mass is 16.4. The molecule has 0 aliphatic rings. The molecule has 6 nitrogen and oxygen atoms in total. The normalized spacial score (nSPS) is 11.1. The van der Waals surface area contributed by atoms with E-state index in [0.29, 0.717) is 17.9 Å². The van der Waals surface area contributed by atoms with Gasteiger partial charge in [-0.05, 0) is 30.3 Å². The first kappa shape index (κ1) is 12.4. The van der Waals surface area contributed by atoms with Gasteiger partial charge in [0.15, 0.2) is 5.82 Å². The van der Waals surface area contributed by atoms with Crippen LogP contribution in [0.5, 0.6) is 0 Å². The zero-order chi connectivity index (χ0) is 14.1. The number of carboxylic acid groups (broad SMARTS) is 1. The van der Waals surface area contributed by atoms with E-state index in [9.17, 15) is 4.79 Å². The van der Waals surface area contributed by atoms with Crippen molar-refractivity contribution < 1.29 is 15.0 Å². The number of aromatic carboxylic acids is 1. The molecule has 0 atom stereocenters. The van der Waals surface area contributed by atoms with Crippen molar-refractivity contribution in [3.05, 3.63) is 42.1 Å². The molecule has 20 heavy (non-hydrogen) atoms. The lowest BCUT2D eigenvalue weighted by Gasteiger charge is -2.10. The van der Waals surface area contributed by atoms with Crippen LogP contribution in [0, 0.1) is 0 Å². The topological polar surface area (TPSA) is 86.9 Å². The number of nitrogens with zero attached hydrogens (tertiary/aromatic N) is 2. The van der Waals surface area contributed by atoms with E-state index in [-0.39, 0.29) is 12.2 Å². The summed E-state index contributed by atoms with van der Waals surface area (Å²) in [6, 6.07) is 8.66. The molecule has 0 saturated heterocycles. The van der Waals surface area contributed by atoms with E-state index in [1.165, 1.54) is 0 Å². The Bertz CT molecular complexity index is 795. The maximum absolute atomic E-state index is 11.0. The second-order valence-corrected chi connectivity index (χ2v) is 4.38. The number of aliphatic hydroxyl groups is 1. The van der Waals surface area contributed by atoms with Gasteiger partial charge in [0.1, 0.15) is 0 Å². The van der Waals surface area contributed by atoms with Crippen molar-refractivity contribution in [1.82, 2.24) is 9.38 Å². The number of anilines is 1. The Morgan fingerprint density at radius 1 is 1.30 bits per heavy atom. The molecule has 6 heteroatoms. The molecule has 2 aromatic heterocycles. The van der Waals surface area contributed by atoms with E-state index in [0.717, 1.165) is 11.0 Å². The molecule has 0 fully saturated rings. The highest BCUT2D eigenvalue weighted by molar-refractivity contribution is 5.94. The van der Waals surface area contributed by atoms with Crippen molar-refractivity contribution in [3.63, 3.8) is 0 Å². The first-order valence-corrected chi connectivity index (χ1v) is 6.19. The first-order chi connectivity index (χ1) is 9.70. The lowest BCUT2D eigenvalue weighted by molar-refractivity contribution is 0.0697. The number of rotatable bonds is 4. The van der Waals surface area contributed by atoms with Crippen LogP contribution in [-0.4, -0.2) is 38.7 Å². The fourth-order valence-electron chi connectivity index (χ4n) is 2.22. The molecule has 3 rings (SSSR count). The molecule has 0 aliphatic heterocycles. The molecule has 0 saturated carbocycles. The van der Waals surface area contributed by atoms with Crippen molar-refractivity contribution in [2.45, 2.75) is 0 Å². The van der Waals surface area contributed by atoms with E-state index in [1.807, 2.05) is 22.7 Å². The van der Waals surface area contributed by atoms with Crippen LogP contribution < -0.4 is 5.32 Å². The number of fused-ring (bicyclic) bond motifs is 3. The molecule has 2 heterocycles. The summed E-state index contributed by atoms with van der Waals surface area (Å²) < 4.78 is 1.94. The van der Waals surface area contributed by atoms with Crippen LogP contribution in [0.1, 0.15) is 10.4 Å². The molecule has 0 aliphatic carbocycles. The largest absolute Gasteiger partial charge is 0.478 e. The number of aliphatic hydroxyl groups excluding tert-OH is 1. The Hall–Kier alpha value is -2.60. The highest BCUT2D eigenvalue weighted by Gasteiger charge is 2.10. The van der Waals surface area contributed by atoms with Gasteiger partial charge in [-0.3, -0.25) is 0 Å². The van der Waals surface area contributed by atoms with Crippen molar-refractivity contribution in [2.24, 2.45) is 0 Å². The molecule has 0 spiro atoms. The number of benzene rings is 1. The van der Waals surface area contributed by atoms with Crippen LogP contribution in [0.25, 0.3) is 16.6 Å². The number of hydrogen-bond donors (Lipinski definition) is 3. The molecule has 0 amide bonds. The van der Waals surface area contributed by atoms with Crippen LogP contribution in [-0.2, 0) is 0 Å². The fourth-order valence-corrected chi connectivity index (χ4v) is 2.22. The molecular weight excluding hydrogens is 258 g/mol. The first-order valence-electron chi connectivity index (χ1n) is 6.19. The second-order valence-electron chi connectivity index (χ2n) is 4.38. The average molecular weight is 271 g/mol. The van der Waals surface area contributed by atoms with E-state index in [1.54, 1.807) is 18.2 Å². The molecule has 0 unspecified atom stereocenters. The Morgan fingerprint density at radius 2 is 2.15 bits per heavy atom. The third kappa shape index (κ3) is 1.96. The van der Waals surface area contributed by atoms with Gasteiger partial charge in [0.25, 0.3) is 0 Å². The van der Waals surface area contributed by atoms with Gasteiger partial charge in [0.05, 0.1) is 28.7 Å². The van der Waals surface area contributed by atoms with Crippen molar-refractivity contribution in [2.75, 3.05) is 18.5 Å². The minimum atomic E-state index is -0.980. The molecule has 102 valence electrons. The highest BCUT2D eigenvalue weighted by Crippen LogP contribution is 2.23. The average Bonchev–Trinajstić information content (AvgIpc) is 2.93. The molecule has 0 radical (unpaired) electrons. The standard InChI is InChI=1S/C14H13N3O3/c18-7-5-15-13-12-2-1-6-17(12)11-4-3-9(14(19)20)8-10(11)16-13/h1-4,6,8,18H,5,7H2,(H,15,16)(H,19,20). The summed E-state index contributed by atoms with van der Waals surface area (Å²) in [7, 11) is 0. The quantitative estimate of drug-likeness (QED) is 0.670. The number of carboxylic acids is 1. The van der Waals surface area contributed by atoms with Gasteiger partial charge in [-0.1, -0.05) is 0 Å². The number of hydrogen-bond acceptors (Lipinski definition) is 4. The van der Waals surface area contributed by atoms with Gasteiger partial charge < -0.3 is 19.9 Å². The molecule has 3 aromatic rings. The van der Waals surface area contributed by atoms with Gasteiger partial charge in [-0.15, -0.1) is 0 Å². The van der Waals surface area contributed by atoms with Gasteiger partial charge in [-0.25, -0.2) is 9.78 Å². The summed E-state index contributed by atoms with van der Waals surface area (Å²) in [5, 5.41) is 21.0. The third-order valence-corrected chi connectivity index (χ3v) is 3.11. The van der Waals surface area contributed by atoms with Crippen molar-refractivity contribution in [3.8, 4) is 0 Å². The van der Waals surface area contributed by atoms with Crippen LogP contribution in [0.3, 0.4) is 0 Å². The Balaban J connectivity index is 2.26. The van der Waals surface area contributed by atoms with E-state index >= 15 is 0 Å². The minimum Gasteiger partial charge on any atom is -0.478 e. The lowest BCUT2D eigenvalue weighted by Crippen LogP contribution is -2.09. The number of aromatic nitrogens is 2. The van der Waals surface area contributed by atoms with Crippen LogP contribution in [0.2, 0.25) is 0 Å². The summed E-state index contributed by atoms with van der Waals surface area (Å²) in [6.45, 7) is 0.389. The summed E-state index contributed by atoms with van der Waals surface area (Å²) in [5.41, 5.74) is 2.51. The number of carbonyl (C=O) groups is 1. The summed E-state index contributed by atoms with van der Waals surface area (Å²) >= 11 is 0. The molecule has 0 bridgehead atoms. The van der Waals surface area contributed by atoms with E-state index in [2.05, 4.69) is 10.3 Å². The maximum atomic E-state index is 11.0. The Morgan fingerprint density at radius 3 is 2.90 bits per heavy atom. The van der Waals surface area contributed by atoms with Gasteiger partial charge >= 0.3 is 5.97 Å². The number of nitrogens with one attached hydrogen (secondary N) is 1. The van der Waals surface area contributed by atoms with Crippen molar-refractivity contribution in [1.29, 1.82) is 0 Å². The van der Waals surface area contributed by atoms with E-state index in [4.69, 9.17) is 10.2 Å². The monoisotopic (exact) mass is 271 g/mol. The molecular formula is C14H13N3O3.